The molecule has 1 aliphatic rings. The largest absolute Gasteiger partial charge is 0.323 e. The monoisotopic (exact) mass is 588 g/mol. The average Bonchev–Trinajstić information content (AvgIpc) is 3.03. The van der Waals surface area contributed by atoms with Gasteiger partial charge in [0.05, 0.1) is 17.6 Å². The molecule has 5 aromatic rings. The summed E-state index contributed by atoms with van der Waals surface area (Å²) in [5.41, 5.74) is 6.65. The third kappa shape index (κ3) is 6.36. The first kappa shape index (κ1) is 29.2. The first-order chi connectivity index (χ1) is 21.2. The fourth-order valence-corrected chi connectivity index (χ4v) is 5.37. The lowest BCUT2D eigenvalue weighted by molar-refractivity contribution is 0.102. The number of piperazine rings is 1. The number of likely N-dealkylation sites (N-methyl/N-ethyl adjacent to an activating group) is 1. The van der Waals surface area contributed by atoms with Crippen LogP contribution in [-0.2, 0) is 13.6 Å². The van der Waals surface area contributed by atoms with Gasteiger partial charge in [0.15, 0.2) is 0 Å². The number of nitrogens with one attached hydrogen (secondary N) is 2. The summed E-state index contributed by atoms with van der Waals surface area (Å²) in [5, 5.41) is 6.76. The predicted molar refractivity (Wildman–Crippen MR) is 174 cm³/mol. The van der Waals surface area contributed by atoms with Crippen LogP contribution in [0.25, 0.3) is 22.2 Å². The van der Waals surface area contributed by atoms with Gasteiger partial charge in [-0.15, -0.1) is 0 Å². The van der Waals surface area contributed by atoms with Crippen LogP contribution in [0.4, 0.5) is 17.3 Å². The van der Waals surface area contributed by atoms with Crippen molar-refractivity contribution in [1.29, 1.82) is 0 Å². The van der Waals surface area contributed by atoms with Crippen molar-refractivity contribution in [3.63, 3.8) is 0 Å². The fourth-order valence-electron chi connectivity index (χ4n) is 5.37. The second kappa shape index (κ2) is 12.4. The minimum absolute atomic E-state index is 0.185. The minimum atomic E-state index is -0.240. The van der Waals surface area contributed by atoms with E-state index in [-0.39, 0.29) is 11.5 Å². The lowest BCUT2D eigenvalue weighted by atomic mass is 10.0. The molecule has 1 amide bonds. The van der Waals surface area contributed by atoms with Crippen LogP contribution in [-0.4, -0.2) is 68.5 Å². The van der Waals surface area contributed by atoms with E-state index in [1.165, 1.54) is 5.56 Å². The summed E-state index contributed by atoms with van der Waals surface area (Å²) < 4.78 is 1.58. The van der Waals surface area contributed by atoms with E-state index in [9.17, 15) is 9.59 Å². The molecule has 1 saturated heterocycles. The Labute approximate surface area is 256 Å². The standard InChI is InChI=1S/C34H36N8O2/c1-22-5-11-27(37-32(43)25-9-7-24(8-10-25)21-42-15-13-40(3)14-16-42)18-29(22)30-17-26-19-36-34(39-31(26)33(44)41(30)4)38-28-12-6-23(2)35-20-28/h5-12,17-20H,13-16,21H2,1-4H3,(H,37,43)(H,36,38,39). The quantitative estimate of drug-likeness (QED) is 0.281. The van der Waals surface area contributed by atoms with Crippen LogP contribution >= 0.6 is 0 Å². The molecule has 0 saturated carbocycles. The van der Waals surface area contributed by atoms with Gasteiger partial charge in [-0.05, 0) is 74.5 Å². The van der Waals surface area contributed by atoms with Crippen LogP contribution in [0.2, 0.25) is 0 Å². The van der Waals surface area contributed by atoms with Crippen molar-refractivity contribution >= 4 is 34.1 Å². The normalized spacial score (nSPS) is 14.1. The highest BCUT2D eigenvalue weighted by molar-refractivity contribution is 6.04. The van der Waals surface area contributed by atoms with E-state index in [1.807, 2.05) is 74.5 Å². The van der Waals surface area contributed by atoms with Crippen LogP contribution in [0.3, 0.4) is 0 Å². The molecule has 10 nitrogen and oxygen atoms in total. The molecule has 0 atom stereocenters. The molecule has 224 valence electrons. The molecular formula is C34H36N8O2. The highest BCUT2D eigenvalue weighted by atomic mass is 16.1. The SMILES string of the molecule is Cc1ccc(Nc2ncc3cc(-c4cc(NC(=O)c5ccc(CN6CCN(C)CC6)cc5)ccc4C)n(C)c(=O)c3n2)cn1. The zero-order valence-electron chi connectivity index (χ0n) is 25.5. The van der Waals surface area contributed by atoms with Crippen LogP contribution < -0.4 is 16.2 Å². The molecule has 2 N–H and O–H groups in total. The van der Waals surface area contributed by atoms with E-state index in [2.05, 4.69) is 42.4 Å². The maximum atomic E-state index is 13.5. The molecule has 1 aliphatic heterocycles. The van der Waals surface area contributed by atoms with Gasteiger partial charge >= 0.3 is 0 Å². The Morgan fingerprint density at radius 2 is 1.61 bits per heavy atom. The second-order valence-electron chi connectivity index (χ2n) is 11.5. The van der Waals surface area contributed by atoms with Crippen molar-refractivity contribution in [1.82, 2.24) is 29.3 Å². The Morgan fingerprint density at radius 3 is 2.34 bits per heavy atom. The summed E-state index contributed by atoms with van der Waals surface area (Å²) in [6.45, 7) is 9.03. The number of benzene rings is 2. The Hall–Kier alpha value is -4.93. The van der Waals surface area contributed by atoms with Gasteiger partial charge in [0.25, 0.3) is 11.5 Å². The van der Waals surface area contributed by atoms with Crippen molar-refractivity contribution in [3.8, 4) is 11.3 Å². The van der Waals surface area contributed by atoms with Crippen LogP contribution in [0.15, 0.2) is 77.9 Å². The van der Waals surface area contributed by atoms with Crippen LogP contribution in [0.5, 0.6) is 0 Å². The van der Waals surface area contributed by atoms with Crippen LogP contribution in [0.1, 0.15) is 27.2 Å². The number of amides is 1. The van der Waals surface area contributed by atoms with E-state index < -0.39 is 0 Å². The number of hydrogen-bond donors (Lipinski definition) is 2. The van der Waals surface area contributed by atoms with E-state index >= 15 is 0 Å². The van der Waals surface area contributed by atoms with E-state index in [0.717, 1.165) is 55.2 Å². The third-order valence-corrected chi connectivity index (χ3v) is 8.13. The summed E-state index contributed by atoms with van der Waals surface area (Å²) in [5.74, 6) is 0.136. The Kier molecular flexibility index (Phi) is 8.19. The fraction of sp³-hybridized carbons (Fsp3) is 0.265. The van der Waals surface area contributed by atoms with Crippen LogP contribution in [0, 0.1) is 13.8 Å². The van der Waals surface area contributed by atoms with Crippen molar-refractivity contribution in [3.05, 3.63) is 106 Å². The zero-order valence-corrected chi connectivity index (χ0v) is 25.5. The van der Waals surface area contributed by atoms with Gasteiger partial charge in [-0.25, -0.2) is 9.97 Å². The molecule has 0 unspecified atom stereocenters. The Morgan fingerprint density at radius 1 is 0.864 bits per heavy atom. The van der Waals surface area contributed by atoms with Crippen molar-refractivity contribution in [2.75, 3.05) is 43.9 Å². The number of hydrogen-bond acceptors (Lipinski definition) is 8. The second-order valence-corrected chi connectivity index (χ2v) is 11.5. The first-order valence-electron chi connectivity index (χ1n) is 14.7. The number of rotatable bonds is 7. The lowest BCUT2D eigenvalue weighted by Crippen LogP contribution is -2.43. The molecule has 0 spiro atoms. The summed E-state index contributed by atoms with van der Waals surface area (Å²) in [7, 11) is 3.88. The van der Waals surface area contributed by atoms with Crippen molar-refractivity contribution in [2.24, 2.45) is 7.05 Å². The molecule has 3 aromatic heterocycles. The summed E-state index contributed by atoms with van der Waals surface area (Å²) in [4.78, 5) is 44.6. The van der Waals surface area contributed by atoms with Gasteiger partial charge in [0, 0.05) is 73.9 Å². The van der Waals surface area contributed by atoms with Gasteiger partial charge in [0.1, 0.15) is 5.52 Å². The molecule has 10 heteroatoms. The highest BCUT2D eigenvalue weighted by Gasteiger charge is 2.16. The molecular weight excluding hydrogens is 552 g/mol. The van der Waals surface area contributed by atoms with Crippen molar-refractivity contribution < 1.29 is 4.79 Å². The van der Waals surface area contributed by atoms with Gasteiger partial charge in [-0.1, -0.05) is 18.2 Å². The number of anilines is 3. The molecule has 0 aliphatic carbocycles. The minimum Gasteiger partial charge on any atom is -0.323 e. The molecule has 2 aromatic carbocycles. The van der Waals surface area contributed by atoms with Gasteiger partial charge in [0.2, 0.25) is 5.95 Å². The topological polar surface area (TPSA) is 108 Å². The van der Waals surface area contributed by atoms with Gasteiger partial charge in [-0.3, -0.25) is 19.5 Å². The predicted octanol–water partition coefficient (Wildman–Crippen LogP) is 4.75. The summed E-state index contributed by atoms with van der Waals surface area (Å²) in [6, 6.07) is 19.2. The maximum absolute atomic E-state index is 13.5. The number of fused-ring (bicyclic) bond motifs is 1. The highest BCUT2D eigenvalue weighted by Crippen LogP contribution is 2.28. The smallest absolute Gasteiger partial charge is 0.277 e. The summed E-state index contributed by atoms with van der Waals surface area (Å²) >= 11 is 0. The van der Waals surface area contributed by atoms with Crippen molar-refractivity contribution in [2.45, 2.75) is 20.4 Å². The number of carbonyl (C=O) groups is 1. The number of aryl methyl sites for hydroxylation is 2. The number of pyridine rings is 2. The first-order valence-corrected chi connectivity index (χ1v) is 14.7. The number of aromatic nitrogens is 4. The lowest BCUT2D eigenvalue weighted by Gasteiger charge is -2.32. The Balaban J connectivity index is 1.20. The molecule has 4 heterocycles. The zero-order chi connectivity index (χ0) is 30.8. The molecule has 44 heavy (non-hydrogen) atoms. The van der Waals surface area contributed by atoms with E-state index in [0.29, 0.717) is 33.8 Å². The molecule has 1 fully saturated rings. The number of carbonyl (C=O) groups excluding carboxylic acids is 1. The molecule has 0 bridgehead atoms. The van der Waals surface area contributed by atoms with Gasteiger partial charge < -0.3 is 20.1 Å². The van der Waals surface area contributed by atoms with E-state index in [4.69, 9.17) is 0 Å². The maximum Gasteiger partial charge on any atom is 0.277 e. The number of nitrogens with zero attached hydrogens (tertiary/aromatic N) is 6. The summed E-state index contributed by atoms with van der Waals surface area (Å²) in [6.07, 6.45) is 3.34. The van der Waals surface area contributed by atoms with E-state index in [1.54, 1.807) is 24.0 Å². The van der Waals surface area contributed by atoms with Gasteiger partial charge in [-0.2, -0.15) is 0 Å². The Bertz CT molecular complexity index is 1880. The molecule has 6 rings (SSSR count). The molecule has 0 radical (unpaired) electrons. The third-order valence-electron chi connectivity index (χ3n) is 8.13. The average molecular weight is 589 g/mol.